The van der Waals surface area contributed by atoms with Gasteiger partial charge in [0.1, 0.15) is 0 Å². The molecule has 1 atom stereocenters. The molecule has 1 N–H and O–H groups in total. The summed E-state index contributed by atoms with van der Waals surface area (Å²) in [4.78, 5) is 25.1. The molecule has 32 heavy (non-hydrogen) atoms. The van der Waals surface area contributed by atoms with E-state index in [1.54, 1.807) is 19.1 Å². The zero-order valence-corrected chi connectivity index (χ0v) is 19.6. The second kappa shape index (κ2) is 10.3. The Kier molecular flexibility index (Phi) is 7.69. The van der Waals surface area contributed by atoms with Crippen LogP contribution in [0.4, 0.5) is 0 Å². The Labute approximate surface area is 189 Å². The number of sulfonamides is 1. The highest BCUT2D eigenvalue weighted by molar-refractivity contribution is 7.89. The van der Waals surface area contributed by atoms with Crippen LogP contribution in [-0.4, -0.2) is 44.8 Å². The molecule has 2 aromatic carbocycles. The van der Waals surface area contributed by atoms with E-state index in [-0.39, 0.29) is 16.9 Å². The lowest BCUT2D eigenvalue weighted by Gasteiger charge is -2.26. The average molecular weight is 459 g/mol. The summed E-state index contributed by atoms with van der Waals surface area (Å²) in [6.07, 6.45) is 2.67. The molecule has 3 rings (SSSR count). The van der Waals surface area contributed by atoms with Gasteiger partial charge in [-0.25, -0.2) is 8.42 Å². The zero-order chi connectivity index (χ0) is 23.3. The van der Waals surface area contributed by atoms with Crippen LogP contribution in [0.15, 0.2) is 47.4 Å². The van der Waals surface area contributed by atoms with Crippen LogP contribution in [0.2, 0.25) is 0 Å². The third kappa shape index (κ3) is 5.55. The molecule has 1 unspecified atom stereocenters. The van der Waals surface area contributed by atoms with E-state index in [0.717, 1.165) is 30.4 Å². The van der Waals surface area contributed by atoms with Crippen LogP contribution in [-0.2, 0) is 19.6 Å². The molecule has 0 aromatic heterocycles. The topological polar surface area (TPSA) is 92.8 Å². The predicted molar refractivity (Wildman–Crippen MR) is 122 cm³/mol. The Morgan fingerprint density at radius 3 is 2.31 bits per heavy atom. The number of nitrogens with one attached hydrogen (secondary N) is 1. The molecule has 1 fully saturated rings. The summed E-state index contributed by atoms with van der Waals surface area (Å²) < 4.78 is 32.6. The Bertz CT molecular complexity index is 1070. The van der Waals surface area contributed by atoms with Crippen molar-refractivity contribution in [2.45, 2.75) is 50.5 Å². The van der Waals surface area contributed by atoms with E-state index < -0.39 is 27.9 Å². The quantitative estimate of drug-likeness (QED) is 0.641. The van der Waals surface area contributed by atoms with Crippen molar-refractivity contribution in [3.8, 4) is 0 Å². The van der Waals surface area contributed by atoms with E-state index in [1.807, 2.05) is 31.2 Å². The van der Waals surface area contributed by atoms with Gasteiger partial charge in [-0.2, -0.15) is 4.31 Å². The summed E-state index contributed by atoms with van der Waals surface area (Å²) in [6.45, 7) is 4.67. The molecular formula is C24H30N2O5S. The summed E-state index contributed by atoms with van der Waals surface area (Å²) in [5.74, 6) is -0.900. The van der Waals surface area contributed by atoms with Crippen LogP contribution in [0.1, 0.15) is 58.8 Å². The smallest absolute Gasteiger partial charge is 0.307 e. The molecule has 7 nitrogen and oxygen atoms in total. The van der Waals surface area contributed by atoms with E-state index in [0.29, 0.717) is 18.7 Å². The van der Waals surface area contributed by atoms with Gasteiger partial charge in [0, 0.05) is 18.7 Å². The standard InChI is InChI=1S/C24H30N2O5S/c1-17-7-10-19(11-8-17)21(16-23(27)31-3)25-24(28)20-12-9-18(2)22(15-20)32(29,30)26-13-5-4-6-14-26/h7-12,15,21H,4-6,13-14,16H2,1-3H3,(H,25,28). The van der Waals surface area contributed by atoms with E-state index in [1.165, 1.54) is 17.5 Å². The van der Waals surface area contributed by atoms with Crippen molar-refractivity contribution in [1.29, 1.82) is 0 Å². The first-order valence-corrected chi connectivity index (χ1v) is 12.2. The van der Waals surface area contributed by atoms with Crippen LogP contribution in [0.5, 0.6) is 0 Å². The summed E-state index contributed by atoms with van der Waals surface area (Å²) in [6, 6.07) is 11.6. The zero-order valence-electron chi connectivity index (χ0n) is 18.8. The number of amides is 1. The fraction of sp³-hybridized carbons (Fsp3) is 0.417. The minimum atomic E-state index is -3.68. The maximum absolute atomic E-state index is 13.2. The normalized spacial score (nSPS) is 15.7. The molecular weight excluding hydrogens is 428 g/mol. The monoisotopic (exact) mass is 458 g/mol. The summed E-state index contributed by atoms with van der Waals surface area (Å²) in [7, 11) is -2.38. The number of hydrogen-bond acceptors (Lipinski definition) is 5. The molecule has 1 saturated heterocycles. The van der Waals surface area contributed by atoms with Crippen LogP contribution in [0.3, 0.4) is 0 Å². The lowest BCUT2D eigenvalue weighted by atomic mass is 10.0. The largest absolute Gasteiger partial charge is 0.469 e. The average Bonchev–Trinajstić information content (AvgIpc) is 2.79. The van der Waals surface area contributed by atoms with Crippen LogP contribution in [0.25, 0.3) is 0 Å². The summed E-state index contributed by atoms with van der Waals surface area (Å²) in [5.41, 5.74) is 2.65. The van der Waals surface area contributed by atoms with Gasteiger partial charge in [-0.3, -0.25) is 9.59 Å². The fourth-order valence-corrected chi connectivity index (χ4v) is 5.57. The minimum Gasteiger partial charge on any atom is -0.469 e. The molecule has 0 radical (unpaired) electrons. The second-order valence-corrected chi connectivity index (χ2v) is 10.1. The van der Waals surface area contributed by atoms with E-state index in [9.17, 15) is 18.0 Å². The fourth-order valence-electron chi connectivity index (χ4n) is 3.81. The van der Waals surface area contributed by atoms with Crippen molar-refractivity contribution >= 4 is 21.9 Å². The SMILES string of the molecule is COC(=O)CC(NC(=O)c1ccc(C)c(S(=O)(=O)N2CCCCC2)c1)c1ccc(C)cc1. The van der Waals surface area contributed by atoms with Crippen molar-refractivity contribution < 1.29 is 22.7 Å². The number of carbonyl (C=O) groups excluding carboxylic acids is 2. The number of esters is 1. The number of methoxy groups -OCH3 is 1. The summed E-state index contributed by atoms with van der Waals surface area (Å²) in [5, 5.41) is 2.86. The molecule has 0 spiro atoms. The number of nitrogens with zero attached hydrogens (tertiary/aromatic N) is 1. The Balaban J connectivity index is 1.87. The molecule has 1 amide bonds. The van der Waals surface area contributed by atoms with Crippen LogP contribution < -0.4 is 5.32 Å². The van der Waals surface area contributed by atoms with E-state index in [2.05, 4.69) is 5.32 Å². The molecule has 2 aromatic rings. The van der Waals surface area contributed by atoms with Gasteiger partial charge in [0.15, 0.2) is 0 Å². The number of piperidine rings is 1. The van der Waals surface area contributed by atoms with Gasteiger partial charge in [-0.1, -0.05) is 42.3 Å². The highest BCUT2D eigenvalue weighted by atomic mass is 32.2. The van der Waals surface area contributed by atoms with Crippen molar-refractivity contribution in [1.82, 2.24) is 9.62 Å². The molecule has 0 saturated carbocycles. The molecule has 1 aliphatic rings. The number of rotatable bonds is 7. The van der Waals surface area contributed by atoms with E-state index >= 15 is 0 Å². The molecule has 0 bridgehead atoms. The third-order valence-corrected chi connectivity index (χ3v) is 7.81. The first-order chi connectivity index (χ1) is 15.2. The van der Waals surface area contributed by atoms with Crippen molar-refractivity contribution in [2.24, 2.45) is 0 Å². The number of carbonyl (C=O) groups is 2. The van der Waals surface area contributed by atoms with Crippen LogP contribution >= 0.6 is 0 Å². The molecule has 1 heterocycles. The van der Waals surface area contributed by atoms with Gasteiger partial charge in [0.05, 0.1) is 24.5 Å². The lowest BCUT2D eigenvalue weighted by Crippen LogP contribution is -2.36. The Hall–Kier alpha value is -2.71. The molecule has 0 aliphatic carbocycles. The van der Waals surface area contributed by atoms with Gasteiger partial charge in [0.25, 0.3) is 5.91 Å². The van der Waals surface area contributed by atoms with Crippen molar-refractivity contribution in [3.63, 3.8) is 0 Å². The minimum absolute atomic E-state index is 0.0317. The first kappa shape index (κ1) is 23.9. The molecule has 1 aliphatic heterocycles. The number of ether oxygens (including phenoxy) is 1. The molecule has 8 heteroatoms. The Morgan fingerprint density at radius 1 is 1.03 bits per heavy atom. The van der Waals surface area contributed by atoms with Crippen molar-refractivity contribution in [2.75, 3.05) is 20.2 Å². The maximum Gasteiger partial charge on any atom is 0.307 e. The lowest BCUT2D eigenvalue weighted by molar-refractivity contribution is -0.141. The second-order valence-electron chi connectivity index (χ2n) is 8.16. The molecule has 172 valence electrons. The Morgan fingerprint density at radius 2 is 1.69 bits per heavy atom. The van der Waals surface area contributed by atoms with Gasteiger partial charge in [-0.15, -0.1) is 0 Å². The summed E-state index contributed by atoms with van der Waals surface area (Å²) >= 11 is 0. The number of hydrogen-bond donors (Lipinski definition) is 1. The number of aryl methyl sites for hydroxylation is 2. The maximum atomic E-state index is 13.2. The van der Waals surface area contributed by atoms with Gasteiger partial charge >= 0.3 is 5.97 Å². The van der Waals surface area contributed by atoms with E-state index in [4.69, 9.17) is 4.74 Å². The number of benzene rings is 2. The van der Waals surface area contributed by atoms with Gasteiger partial charge < -0.3 is 10.1 Å². The van der Waals surface area contributed by atoms with Gasteiger partial charge in [0.2, 0.25) is 10.0 Å². The highest BCUT2D eigenvalue weighted by Crippen LogP contribution is 2.25. The third-order valence-electron chi connectivity index (χ3n) is 5.77. The van der Waals surface area contributed by atoms with Gasteiger partial charge in [-0.05, 0) is 49.9 Å². The van der Waals surface area contributed by atoms with Crippen molar-refractivity contribution in [3.05, 3.63) is 64.7 Å². The highest BCUT2D eigenvalue weighted by Gasteiger charge is 2.28. The predicted octanol–water partition coefficient (Wildman–Crippen LogP) is 3.51. The first-order valence-electron chi connectivity index (χ1n) is 10.8. The van der Waals surface area contributed by atoms with Crippen LogP contribution in [0, 0.1) is 13.8 Å².